The monoisotopic (exact) mass is 633 g/mol. The Morgan fingerprint density at radius 1 is 0.867 bits per heavy atom. The van der Waals surface area contributed by atoms with Crippen molar-refractivity contribution in [2.24, 2.45) is 0 Å². The molecule has 0 spiro atoms. The first-order chi connectivity index (χ1) is 21.6. The summed E-state index contributed by atoms with van der Waals surface area (Å²) in [5, 5.41) is 2.61. The number of carbonyl (C=O) groups is 2. The third-order valence-corrected chi connectivity index (χ3v) is 9.13. The van der Waals surface area contributed by atoms with Crippen LogP contribution in [0.3, 0.4) is 0 Å². The molecule has 9 nitrogen and oxygen atoms in total. The molecule has 0 saturated heterocycles. The molecule has 4 aromatic rings. The molecule has 4 rings (SSSR count). The van der Waals surface area contributed by atoms with Crippen LogP contribution in [-0.4, -0.2) is 59.0 Å². The standard InChI is InChI=1S/C34H36FN3O6S/c1-24-14-16-27(17-15-24)38(45(41,42)28-18-19-31(43-3)32(21-28)44-4)23-33(39)37(22-26-12-8-9-13-29(26)35)30(34(40)36-2)20-25-10-6-5-7-11-25/h5-19,21,30H,20,22-23H2,1-4H3,(H,36,40)/t30-/m0/s1. The van der Waals surface area contributed by atoms with Crippen LogP contribution in [0.15, 0.2) is 102 Å². The van der Waals surface area contributed by atoms with E-state index in [4.69, 9.17) is 9.47 Å². The molecule has 4 aromatic carbocycles. The summed E-state index contributed by atoms with van der Waals surface area (Å²) in [7, 11) is -0.0914. The quantitative estimate of drug-likeness (QED) is 0.228. The number of sulfonamides is 1. The van der Waals surface area contributed by atoms with Crippen molar-refractivity contribution in [3.8, 4) is 11.5 Å². The van der Waals surface area contributed by atoms with Crippen molar-refractivity contribution in [1.29, 1.82) is 0 Å². The van der Waals surface area contributed by atoms with Gasteiger partial charge >= 0.3 is 0 Å². The first kappa shape index (κ1) is 33.0. The van der Waals surface area contributed by atoms with Crippen LogP contribution in [0.1, 0.15) is 16.7 Å². The molecule has 0 bridgehead atoms. The van der Waals surface area contributed by atoms with Crippen LogP contribution in [0.25, 0.3) is 0 Å². The van der Waals surface area contributed by atoms with E-state index in [0.29, 0.717) is 5.75 Å². The number of carbonyl (C=O) groups excluding carboxylic acids is 2. The lowest BCUT2D eigenvalue weighted by Gasteiger charge is -2.33. The fraction of sp³-hybridized carbons (Fsp3) is 0.235. The molecule has 0 aliphatic carbocycles. The summed E-state index contributed by atoms with van der Waals surface area (Å²) in [4.78, 5) is 28.8. The van der Waals surface area contributed by atoms with E-state index in [-0.39, 0.29) is 34.9 Å². The lowest BCUT2D eigenvalue weighted by Crippen LogP contribution is -2.53. The molecule has 0 saturated carbocycles. The number of anilines is 1. The highest BCUT2D eigenvalue weighted by Crippen LogP contribution is 2.32. The smallest absolute Gasteiger partial charge is 0.264 e. The molecule has 0 aliphatic heterocycles. The Labute approximate surface area is 263 Å². The number of methoxy groups -OCH3 is 2. The molecule has 2 amide bonds. The molecular weight excluding hydrogens is 597 g/mol. The Balaban J connectivity index is 1.81. The Morgan fingerprint density at radius 3 is 2.13 bits per heavy atom. The number of nitrogens with one attached hydrogen (secondary N) is 1. The molecule has 1 atom stereocenters. The van der Waals surface area contributed by atoms with Gasteiger partial charge in [-0.25, -0.2) is 12.8 Å². The number of likely N-dealkylation sites (N-methyl/N-ethyl adjacent to an activating group) is 1. The van der Waals surface area contributed by atoms with E-state index in [1.54, 1.807) is 30.3 Å². The van der Waals surface area contributed by atoms with Crippen molar-refractivity contribution in [2.45, 2.75) is 30.8 Å². The lowest BCUT2D eigenvalue weighted by atomic mass is 10.0. The van der Waals surface area contributed by atoms with E-state index in [0.717, 1.165) is 15.4 Å². The van der Waals surface area contributed by atoms with Gasteiger partial charge in [0, 0.05) is 31.6 Å². The topological polar surface area (TPSA) is 105 Å². The van der Waals surface area contributed by atoms with Gasteiger partial charge in [-0.05, 0) is 42.8 Å². The number of ether oxygens (including phenoxy) is 2. The predicted molar refractivity (Wildman–Crippen MR) is 170 cm³/mol. The second-order valence-corrected chi connectivity index (χ2v) is 12.2. The summed E-state index contributed by atoms with van der Waals surface area (Å²) in [5.41, 5.74) is 2.06. The molecule has 0 aliphatic rings. The minimum absolute atomic E-state index is 0.119. The number of hydrogen-bond acceptors (Lipinski definition) is 6. The largest absolute Gasteiger partial charge is 0.493 e. The number of nitrogens with zero attached hydrogens (tertiary/aromatic N) is 2. The molecule has 0 fully saturated rings. The van der Waals surface area contributed by atoms with Crippen LogP contribution in [0, 0.1) is 12.7 Å². The van der Waals surface area contributed by atoms with Gasteiger partial charge < -0.3 is 19.7 Å². The average molecular weight is 634 g/mol. The normalized spacial score (nSPS) is 11.8. The van der Waals surface area contributed by atoms with E-state index in [9.17, 15) is 22.4 Å². The Kier molecular flexibility index (Phi) is 10.8. The van der Waals surface area contributed by atoms with Gasteiger partial charge in [-0.3, -0.25) is 13.9 Å². The Hall–Kier alpha value is -4.90. The molecule has 0 heterocycles. The fourth-order valence-electron chi connectivity index (χ4n) is 4.87. The van der Waals surface area contributed by atoms with E-state index in [1.165, 1.54) is 62.6 Å². The molecule has 236 valence electrons. The van der Waals surface area contributed by atoms with Gasteiger partial charge in [0.05, 0.1) is 24.8 Å². The SMILES string of the molecule is CNC(=O)[C@H](Cc1ccccc1)N(Cc1ccccc1F)C(=O)CN(c1ccc(C)cc1)S(=O)(=O)c1ccc(OC)c(OC)c1. The van der Waals surface area contributed by atoms with Crippen molar-refractivity contribution >= 4 is 27.5 Å². The van der Waals surface area contributed by atoms with Crippen LogP contribution < -0.4 is 19.1 Å². The van der Waals surface area contributed by atoms with Gasteiger partial charge in [-0.2, -0.15) is 0 Å². The van der Waals surface area contributed by atoms with Crippen LogP contribution in [0.4, 0.5) is 10.1 Å². The molecule has 0 radical (unpaired) electrons. The van der Waals surface area contributed by atoms with E-state index in [1.807, 2.05) is 37.3 Å². The Bertz CT molecular complexity index is 1730. The lowest BCUT2D eigenvalue weighted by molar-refractivity contribution is -0.139. The van der Waals surface area contributed by atoms with Crippen molar-refractivity contribution in [2.75, 3.05) is 32.1 Å². The van der Waals surface area contributed by atoms with Gasteiger partial charge in [0.2, 0.25) is 11.8 Å². The van der Waals surface area contributed by atoms with Gasteiger partial charge in [0.25, 0.3) is 10.0 Å². The maximum atomic E-state index is 14.9. The average Bonchev–Trinajstić information content (AvgIpc) is 3.06. The minimum Gasteiger partial charge on any atom is -0.493 e. The molecule has 45 heavy (non-hydrogen) atoms. The number of halogens is 1. The third kappa shape index (κ3) is 7.79. The van der Waals surface area contributed by atoms with Gasteiger partial charge in [0.1, 0.15) is 18.4 Å². The summed E-state index contributed by atoms with van der Waals surface area (Å²) < 4.78 is 55.0. The van der Waals surface area contributed by atoms with Crippen molar-refractivity contribution in [3.05, 3.63) is 120 Å². The van der Waals surface area contributed by atoms with E-state index < -0.39 is 40.2 Å². The zero-order valence-electron chi connectivity index (χ0n) is 25.6. The molecular formula is C34H36FN3O6S. The zero-order chi connectivity index (χ0) is 32.6. The number of hydrogen-bond donors (Lipinski definition) is 1. The van der Waals surface area contributed by atoms with E-state index >= 15 is 0 Å². The summed E-state index contributed by atoms with van der Waals surface area (Å²) in [5.74, 6) is -1.21. The maximum Gasteiger partial charge on any atom is 0.264 e. The number of benzene rings is 4. The number of amides is 2. The second kappa shape index (κ2) is 14.7. The predicted octanol–water partition coefficient (Wildman–Crippen LogP) is 4.73. The number of aryl methyl sites for hydroxylation is 1. The van der Waals surface area contributed by atoms with Gasteiger partial charge in [-0.15, -0.1) is 0 Å². The van der Waals surface area contributed by atoms with Crippen LogP contribution in [0.5, 0.6) is 11.5 Å². The van der Waals surface area contributed by atoms with Gasteiger partial charge in [0.15, 0.2) is 11.5 Å². The minimum atomic E-state index is -4.37. The molecule has 1 N–H and O–H groups in total. The van der Waals surface area contributed by atoms with Crippen molar-refractivity contribution in [1.82, 2.24) is 10.2 Å². The van der Waals surface area contributed by atoms with Gasteiger partial charge in [-0.1, -0.05) is 66.2 Å². The summed E-state index contributed by atoms with van der Waals surface area (Å²) in [6.07, 6.45) is 0.119. The zero-order valence-corrected chi connectivity index (χ0v) is 26.4. The molecule has 0 unspecified atom stereocenters. The maximum absolute atomic E-state index is 14.9. The highest BCUT2D eigenvalue weighted by atomic mass is 32.2. The van der Waals surface area contributed by atoms with E-state index in [2.05, 4.69) is 5.32 Å². The second-order valence-electron chi connectivity index (χ2n) is 10.3. The highest BCUT2D eigenvalue weighted by Gasteiger charge is 2.35. The summed E-state index contributed by atoms with van der Waals surface area (Å²) in [6, 6.07) is 24.8. The first-order valence-electron chi connectivity index (χ1n) is 14.2. The fourth-order valence-corrected chi connectivity index (χ4v) is 6.30. The van der Waals surface area contributed by atoms with Crippen LogP contribution >= 0.6 is 0 Å². The molecule has 0 aromatic heterocycles. The van der Waals surface area contributed by atoms with Crippen molar-refractivity contribution < 1.29 is 31.9 Å². The van der Waals surface area contributed by atoms with Crippen molar-refractivity contribution in [3.63, 3.8) is 0 Å². The molecule has 11 heteroatoms. The van der Waals surface area contributed by atoms with Crippen LogP contribution in [0.2, 0.25) is 0 Å². The first-order valence-corrected chi connectivity index (χ1v) is 15.6. The Morgan fingerprint density at radius 2 is 1.51 bits per heavy atom. The highest BCUT2D eigenvalue weighted by molar-refractivity contribution is 7.92. The number of rotatable bonds is 13. The third-order valence-electron chi connectivity index (χ3n) is 7.36. The summed E-state index contributed by atoms with van der Waals surface area (Å²) in [6.45, 7) is 0.917. The summed E-state index contributed by atoms with van der Waals surface area (Å²) >= 11 is 0. The van der Waals surface area contributed by atoms with Crippen LogP contribution in [-0.2, 0) is 32.6 Å².